The Labute approximate surface area is 202 Å². The van der Waals surface area contributed by atoms with Crippen LogP contribution in [0.1, 0.15) is 65.1 Å². The molecular weight excluding hydrogens is 465 g/mol. The number of piperidine rings is 1. The summed E-state index contributed by atoms with van der Waals surface area (Å²) in [5, 5.41) is 3.25. The first kappa shape index (κ1) is 25.9. The molecule has 0 aliphatic carbocycles. The van der Waals surface area contributed by atoms with Gasteiger partial charge in [-0.25, -0.2) is 9.97 Å². The Balaban J connectivity index is 1.87. The summed E-state index contributed by atoms with van der Waals surface area (Å²) in [6, 6.07) is 3.16. The summed E-state index contributed by atoms with van der Waals surface area (Å²) in [4.78, 5) is 22.4. The molecule has 1 aliphatic heterocycles. The van der Waals surface area contributed by atoms with Crippen LogP contribution < -0.4 is 5.32 Å². The van der Waals surface area contributed by atoms with E-state index in [4.69, 9.17) is 11.6 Å². The number of rotatable bonds is 7. The van der Waals surface area contributed by atoms with Crippen LogP contribution in [-0.4, -0.2) is 40.4 Å². The van der Waals surface area contributed by atoms with E-state index < -0.39 is 12.0 Å². The Morgan fingerprint density at radius 3 is 2.47 bits per heavy atom. The number of benzene rings is 1. The van der Waals surface area contributed by atoms with E-state index in [1.165, 1.54) is 12.4 Å². The number of nitrogens with one attached hydrogen (secondary N) is 1. The van der Waals surface area contributed by atoms with Crippen LogP contribution in [0.25, 0.3) is 6.08 Å². The van der Waals surface area contributed by atoms with Crippen LogP contribution in [0.3, 0.4) is 0 Å². The summed E-state index contributed by atoms with van der Waals surface area (Å²) >= 11 is 6.40. The predicted molar refractivity (Wildman–Crippen MR) is 128 cm³/mol. The summed E-state index contributed by atoms with van der Waals surface area (Å²) in [6.07, 6.45) is 4.45. The average molecular weight is 493 g/mol. The second-order valence-electron chi connectivity index (χ2n) is 8.49. The van der Waals surface area contributed by atoms with Gasteiger partial charge in [0.1, 0.15) is 0 Å². The van der Waals surface area contributed by atoms with Crippen molar-refractivity contribution in [1.82, 2.24) is 20.2 Å². The number of nitrogens with zero attached hydrogens (tertiary/aromatic N) is 3. The van der Waals surface area contributed by atoms with Crippen LogP contribution in [0.15, 0.2) is 42.8 Å². The van der Waals surface area contributed by atoms with Gasteiger partial charge < -0.3 is 5.32 Å². The van der Waals surface area contributed by atoms with E-state index >= 15 is 0 Å². The quantitative estimate of drug-likeness (QED) is 0.481. The van der Waals surface area contributed by atoms with Crippen molar-refractivity contribution in [3.05, 3.63) is 75.9 Å². The van der Waals surface area contributed by atoms with Gasteiger partial charge in [-0.2, -0.15) is 13.2 Å². The number of carbonyl (C=O) groups excluding carboxylic acids is 1. The van der Waals surface area contributed by atoms with E-state index in [9.17, 15) is 18.0 Å². The lowest BCUT2D eigenvalue weighted by atomic mass is 9.99. The van der Waals surface area contributed by atoms with Crippen LogP contribution in [-0.2, 0) is 6.18 Å². The molecule has 0 bridgehead atoms. The van der Waals surface area contributed by atoms with Crippen molar-refractivity contribution in [3.8, 4) is 0 Å². The van der Waals surface area contributed by atoms with Crippen molar-refractivity contribution >= 4 is 23.6 Å². The van der Waals surface area contributed by atoms with Crippen LogP contribution in [0.4, 0.5) is 13.2 Å². The first-order chi connectivity index (χ1) is 16.1. The van der Waals surface area contributed by atoms with Crippen molar-refractivity contribution in [1.29, 1.82) is 0 Å². The third-order valence-corrected chi connectivity index (χ3v) is 6.09. The molecule has 1 aromatic carbocycles. The number of amides is 1. The second kappa shape index (κ2) is 11.1. The summed E-state index contributed by atoms with van der Waals surface area (Å²) in [6.45, 7) is 9.33. The third kappa shape index (κ3) is 6.45. The summed E-state index contributed by atoms with van der Waals surface area (Å²) in [5.41, 5.74) is 3.28. The molecule has 1 aliphatic rings. The number of carbonyl (C=O) groups is 1. The van der Waals surface area contributed by atoms with Gasteiger partial charge in [0.15, 0.2) is 0 Å². The molecule has 182 valence electrons. The zero-order valence-electron chi connectivity index (χ0n) is 19.3. The van der Waals surface area contributed by atoms with E-state index in [1.807, 2.05) is 32.1 Å². The first-order valence-corrected chi connectivity index (χ1v) is 11.5. The molecule has 3 rings (SSSR count). The van der Waals surface area contributed by atoms with Crippen LogP contribution in [0.5, 0.6) is 0 Å². The van der Waals surface area contributed by atoms with Gasteiger partial charge in [-0.05, 0) is 57.0 Å². The van der Waals surface area contributed by atoms with Crippen molar-refractivity contribution < 1.29 is 18.0 Å². The number of alkyl halides is 3. The van der Waals surface area contributed by atoms with Gasteiger partial charge in [0.05, 0.1) is 16.6 Å². The van der Waals surface area contributed by atoms with E-state index in [-0.39, 0.29) is 18.5 Å². The zero-order valence-corrected chi connectivity index (χ0v) is 20.0. The highest BCUT2D eigenvalue weighted by Crippen LogP contribution is 2.29. The maximum Gasteiger partial charge on any atom is 0.451 e. The highest BCUT2D eigenvalue weighted by molar-refractivity contribution is 6.34. The van der Waals surface area contributed by atoms with Gasteiger partial charge in [0, 0.05) is 24.5 Å². The van der Waals surface area contributed by atoms with Gasteiger partial charge >= 0.3 is 6.18 Å². The molecule has 2 aromatic rings. The molecule has 0 saturated carbocycles. The summed E-state index contributed by atoms with van der Waals surface area (Å²) in [5.74, 6) is -1.54. The van der Waals surface area contributed by atoms with Crippen molar-refractivity contribution in [2.45, 2.75) is 45.3 Å². The Kier molecular flexibility index (Phi) is 8.49. The van der Waals surface area contributed by atoms with Crippen LogP contribution in [0, 0.1) is 6.92 Å². The van der Waals surface area contributed by atoms with Crippen LogP contribution >= 0.6 is 11.6 Å². The van der Waals surface area contributed by atoms with Gasteiger partial charge in [0.2, 0.25) is 5.82 Å². The molecule has 2 heterocycles. The maximum absolute atomic E-state index is 13.2. The standard InChI is InChI=1S/C25H28ClF3N4O/c1-16(2)7-9-19-17(3)8-10-20(26)22(19)23(34)30-15-21(33-11-5-4-6-12-33)18-13-31-24(32-14-18)25(27,28)29/h7-10,13-14,21H,1,4-6,11-12,15H2,2-3H3,(H,30,34)/b9-7-. The topological polar surface area (TPSA) is 58.1 Å². The smallest absolute Gasteiger partial charge is 0.350 e. The van der Waals surface area contributed by atoms with Gasteiger partial charge in [-0.1, -0.05) is 48.4 Å². The Bertz CT molecular complexity index is 1060. The number of likely N-dealkylation sites (tertiary alicyclic amines) is 1. The van der Waals surface area contributed by atoms with Crippen molar-refractivity contribution in [2.24, 2.45) is 0 Å². The SMILES string of the molecule is C=C(C)/C=C\c1c(C)ccc(Cl)c1C(=O)NCC(c1cnc(C(F)(F)F)nc1)N1CCCCC1. The van der Waals surface area contributed by atoms with Crippen molar-refractivity contribution in [2.75, 3.05) is 19.6 Å². The van der Waals surface area contributed by atoms with E-state index in [2.05, 4.69) is 26.8 Å². The maximum atomic E-state index is 13.2. The lowest BCUT2D eigenvalue weighted by Gasteiger charge is -2.34. The number of hydrogen-bond acceptors (Lipinski definition) is 4. The molecule has 1 aromatic heterocycles. The minimum Gasteiger partial charge on any atom is -0.350 e. The van der Waals surface area contributed by atoms with Gasteiger partial charge in [0.25, 0.3) is 5.91 Å². The molecule has 1 fully saturated rings. The first-order valence-electron chi connectivity index (χ1n) is 11.1. The molecule has 0 spiro atoms. The van der Waals surface area contributed by atoms with E-state index in [1.54, 1.807) is 6.07 Å². The van der Waals surface area contributed by atoms with Gasteiger partial charge in [-0.3, -0.25) is 9.69 Å². The Morgan fingerprint density at radius 1 is 1.24 bits per heavy atom. The fourth-order valence-electron chi connectivity index (χ4n) is 3.99. The molecule has 9 heteroatoms. The van der Waals surface area contributed by atoms with E-state index in [0.29, 0.717) is 21.7 Å². The monoisotopic (exact) mass is 492 g/mol. The molecule has 1 unspecified atom stereocenters. The lowest BCUT2D eigenvalue weighted by Crippen LogP contribution is -2.41. The highest BCUT2D eigenvalue weighted by atomic mass is 35.5. The molecule has 1 saturated heterocycles. The number of halogens is 4. The number of allylic oxidation sites excluding steroid dienone is 2. The molecule has 1 atom stereocenters. The Morgan fingerprint density at radius 2 is 1.88 bits per heavy atom. The second-order valence-corrected chi connectivity index (χ2v) is 8.90. The third-order valence-electron chi connectivity index (χ3n) is 5.77. The lowest BCUT2D eigenvalue weighted by molar-refractivity contribution is -0.145. The van der Waals surface area contributed by atoms with Gasteiger partial charge in [-0.15, -0.1) is 0 Å². The van der Waals surface area contributed by atoms with E-state index in [0.717, 1.165) is 43.5 Å². The minimum atomic E-state index is -4.61. The Hall–Kier alpha value is -2.71. The highest BCUT2D eigenvalue weighted by Gasteiger charge is 2.35. The zero-order chi connectivity index (χ0) is 24.9. The predicted octanol–water partition coefficient (Wildman–Crippen LogP) is 6.00. The van der Waals surface area contributed by atoms with Crippen LogP contribution in [0.2, 0.25) is 5.02 Å². The molecule has 5 nitrogen and oxygen atoms in total. The molecule has 34 heavy (non-hydrogen) atoms. The summed E-state index contributed by atoms with van der Waals surface area (Å²) in [7, 11) is 0. The largest absolute Gasteiger partial charge is 0.451 e. The normalized spacial score (nSPS) is 15.9. The average Bonchev–Trinajstić information content (AvgIpc) is 2.80. The number of aryl methyl sites for hydroxylation is 1. The summed E-state index contributed by atoms with van der Waals surface area (Å²) < 4.78 is 38.8. The minimum absolute atomic E-state index is 0.182. The fraction of sp³-hybridized carbons (Fsp3) is 0.400. The molecule has 0 radical (unpaired) electrons. The number of aromatic nitrogens is 2. The fourth-order valence-corrected chi connectivity index (χ4v) is 4.24. The molecule has 1 amide bonds. The molecular formula is C25H28ClF3N4O. The molecule has 1 N–H and O–H groups in total. The number of hydrogen-bond donors (Lipinski definition) is 1. The van der Waals surface area contributed by atoms with Crippen molar-refractivity contribution in [3.63, 3.8) is 0 Å².